The maximum atomic E-state index is 8.71. The lowest BCUT2D eigenvalue weighted by atomic mass is 10.2. The third-order valence-corrected chi connectivity index (χ3v) is 1.78. The Labute approximate surface area is 72.6 Å². The minimum Gasteiger partial charge on any atom is -0.271 e. The van der Waals surface area contributed by atoms with Crippen LogP contribution in [0.3, 0.4) is 0 Å². The first-order valence-corrected chi connectivity index (χ1v) is 4.28. The first-order chi connectivity index (χ1) is 5.81. The fraction of sp³-hybridized carbons (Fsp3) is 0.556. The standard InChI is InChI=1S/C9H13N3/c1-3-5-12-7-8(4-2)9(6-10)11-12/h7H,3-5H2,1-2H3. The molecular formula is C9H13N3. The van der Waals surface area contributed by atoms with Crippen molar-refractivity contribution in [3.05, 3.63) is 17.5 Å². The van der Waals surface area contributed by atoms with Crippen LogP contribution in [0.1, 0.15) is 31.5 Å². The number of aromatic nitrogens is 2. The quantitative estimate of drug-likeness (QED) is 0.680. The summed E-state index contributed by atoms with van der Waals surface area (Å²) < 4.78 is 1.84. The van der Waals surface area contributed by atoms with E-state index in [1.165, 1.54) is 0 Å². The molecule has 0 saturated carbocycles. The summed E-state index contributed by atoms with van der Waals surface area (Å²) >= 11 is 0. The minimum absolute atomic E-state index is 0.575. The molecule has 3 heteroatoms. The fourth-order valence-electron chi connectivity index (χ4n) is 1.16. The number of hydrogen-bond acceptors (Lipinski definition) is 2. The minimum atomic E-state index is 0.575. The molecule has 64 valence electrons. The Morgan fingerprint density at radius 2 is 2.33 bits per heavy atom. The maximum Gasteiger partial charge on any atom is 0.165 e. The van der Waals surface area contributed by atoms with Crippen LogP contribution in [0.4, 0.5) is 0 Å². The number of hydrogen-bond donors (Lipinski definition) is 0. The first kappa shape index (κ1) is 8.79. The fourth-order valence-corrected chi connectivity index (χ4v) is 1.16. The van der Waals surface area contributed by atoms with Crippen molar-refractivity contribution >= 4 is 0 Å². The molecule has 0 aliphatic rings. The van der Waals surface area contributed by atoms with Gasteiger partial charge in [0.15, 0.2) is 5.69 Å². The molecule has 0 radical (unpaired) electrons. The van der Waals surface area contributed by atoms with E-state index in [2.05, 4.69) is 18.1 Å². The zero-order valence-corrected chi connectivity index (χ0v) is 7.54. The van der Waals surface area contributed by atoms with Crippen LogP contribution in [-0.2, 0) is 13.0 Å². The van der Waals surface area contributed by atoms with Crippen LogP contribution in [0, 0.1) is 11.3 Å². The predicted octanol–water partition coefficient (Wildman–Crippen LogP) is 1.73. The van der Waals surface area contributed by atoms with E-state index in [4.69, 9.17) is 5.26 Å². The summed E-state index contributed by atoms with van der Waals surface area (Å²) in [5, 5.41) is 12.9. The van der Waals surface area contributed by atoms with Gasteiger partial charge in [0, 0.05) is 18.3 Å². The second-order valence-electron chi connectivity index (χ2n) is 2.73. The Balaban J connectivity index is 2.91. The number of rotatable bonds is 3. The molecule has 0 aliphatic heterocycles. The first-order valence-electron chi connectivity index (χ1n) is 4.28. The summed E-state index contributed by atoms with van der Waals surface area (Å²) in [5.41, 5.74) is 1.62. The topological polar surface area (TPSA) is 41.6 Å². The molecule has 0 atom stereocenters. The molecule has 12 heavy (non-hydrogen) atoms. The van der Waals surface area contributed by atoms with Crippen molar-refractivity contribution in [2.75, 3.05) is 0 Å². The largest absolute Gasteiger partial charge is 0.271 e. The highest BCUT2D eigenvalue weighted by atomic mass is 15.3. The molecule has 1 rings (SSSR count). The lowest BCUT2D eigenvalue weighted by Gasteiger charge is -1.93. The van der Waals surface area contributed by atoms with E-state index >= 15 is 0 Å². The van der Waals surface area contributed by atoms with E-state index in [1.54, 1.807) is 0 Å². The van der Waals surface area contributed by atoms with Gasteiger partial charge in [-0.2, -0.15) is 10.4 Å². The van der Waals surface area contributed by atoms with Gasteiger partial charge in [0.1, 0.15) is 6.07 Å². The van der Waals surface area contributed by atoms with Crippen LogP contribution in [-0.4, -0.2) is 9.78 Å². The molecule has 0 N–H and O–H groups in total. The van der Waals surface area contributed by atoms with Gasteiger partial charge in [-0.25, -0.2) is 0 Å². The van der Waals surface area contributed by atoms with Crippen molar-refractivity contribution in [2.24, 2.45) is 0 Å². The second-order valence-corrected chi connectivity index (χ2v) is 2.73. The van der Waals surface area contributed by atoms with Crippen LogP contribution in [0.25, 0.3) is 0 Å². The van der Waals surface area contributed by atoms with Crippen molar-refractivity contribution in [1.82, 2.24) is 9.78 Å². The molecule has 3 nitrogen and oxygen atoms in total. The summed E-state index contributed by atoms with van der Waals surface area (Å²) in [4.78, 5) is 0. The van der Waals surface area contributed by atoms with Crippen molar-refractivity contribution < 1.29 is 0 Å². The van der Waals surface area contributed by atoms with Crippen LogP contribution in [0.15, 0.2) is 6.20 Å². The van der Waals surface area contributed by atoms with Gasteiger partial charge in [-0.05, 0) is 12.8 Å². The van der Waals surface area contributed by atoms with E-state index in [0.29, 0.717) is 5.69 Å². The zero-order valence-electron chi connectivity index (χ0n) is 7.54. The van der Waals surface area contributed by atoms with E-state index in [-0.39, 0.29) is 0 Å². The molecule has 0 saturated heterocycles. The molecule has 0 bridgehead atoms. The third-order valence-electron chi connectivity index (χ3n) is 1.78. The Kier molecular flexibility index (Phi) is 2.87. The SMILES string of the molecule is CCCn1cc(CC)c(C#N)n1. The Morgan fingerprint density at radius 1 is 1.58 bits per heavy atom. The van der Waals surface area contributed by atoms with Crippen molar-refractivity contribution in [3.8, 4) is 6.07 Å². The summed E-state index contributed by atoms with van der Waals surface area (Å²) in [6, 6.07) is 2.09. The van der Waals surface area contributed by atoms with Crippen molar-refractivity contribution in [3.63, 3.8) is 0 Å². The molecule has 0 fully saturated rings. The average Bonchev–Trinajstić information content (AvgIpc) is 2.48. The van der Waals surface area contributed by atoms with Crippen LogP contribution in [0.5, 0.6) is 0 Å². The lowest BCUT2D eigenvalue weighted by Crippen LogP contribution is -1.96. The number of nitriles is 1. The van der Waals surface area contributed by atoms with Gasteiger partial charge >= 0.3 is 0 Å². The molecular weight excluding hydrogens is 150 g/mol. The normalized spacial score (nSPS) is 9.75. The second kappa shape index (κ2) is 3.91. The molecule has 0 aromatic carbocycles. The molecule has 0 amide bonds. The number of nitrogens with zero attached hydrogens (tertiary/aromatic N) is 3. The average molecular weight is 163 g/mol. The van der Waals surface area contributed by atoms with E-state index in [1.807, 2.05) is 17.8 Å². The molecule has 0 spiro atoms. The molecule has 1 aromatic heterocycles. The van der Waals surface area contributed by atoms with E-state index in [0.717, 1.165) is 24.9 Å². The Morgan fingerprint density at radius 3 is 2.75 bits per heavy atom. The number of aryl methyl sites for hydroxylation is 2. The van der Waals surface area contributed by atoms with Gasteiger partial charge in [-0.3, -0.25) is 4.68 Å². The van der Waals surface area contributed by atoms with Gasteiger partial charge in [-0.15, -0.1) is 0 Å². The van der Waals surface area contributed by atoms with Crippen molar-refractivity contribution in [1.29, 1.82) is 5.26 Å². The third kappa shape index (κ3) is 1.65. The van der Waals surface area contributed by atoms with Crippen LogP contribution in [0.2, 0.25) is 0 Å². The monoisotopic (exact) mass is 163 g/mol. The summed E-state index contributed by atoms with van der Waals surface area (Å²) in [6.45, 7) is 5.03. The Hall–Kier alpha value is -1.30. The highest BCUT2D eigenvalue weighted by molar-refractivity contribution is 5.28. The predicted molar refractivity (Wildman–Crippen MR) is 46.6 cm³/mol. The molecule has 0 aliphatic carbocycles. The molecule has 0 unspecified atom stereocenters. The van der Waals surface area contributed by atoms with Gasteiger partial charge in [-0.1, -0.05) is 13.8 Å². The molecule has 1 heterocycles. The summed E-state index contributed by atoms with van der Waals surface area (Å²) in [6.07, 6.45) is 3.89. The van der Waals surface area contributed by atoms with Gasteiger partial charge in [0.25, 0.3) is 0 Å². The molecule has 1 aromatic rings. The van der Waals surface area contributed by atoms with Gasteiger partial charge in [0.05, 0.1) is 0 Å². The van der Waals surface area contributed by atoms with Crippen molar-refractivity contribution in [2.45, 2.75) is 33.2 Å². The summed E-state index contributed by atoms with van der Waals surface area (Å²) in [5.74, 6) is 0. The lowest BCUT2D eigenvalue weighted by molar-refractivity contribution is 0.600. The maximum absolute atomic E-state index is 8.71. The highest BCUT2D eigenvalue weighted by Gasteiger charge is 2.04. The summed E-state index contributed by atoms with van der Waals surface area (Å²) in [7, 11) is 0. The van der Waals surface area contributed by atoms with Crippen LogP contribution < -0.4 is 0 Å². The van der Waals surface area contributed by atoms with Crippen LogP contribution >= 0.6 is 0 Å². The zero-order chi connectivity index (χ0) is 8.97. The smallest absolute Gasteiger partial charge is 0.165 e. The van der Waals surface area contributed by atoms with Gasteiger partial charge in [0.2, 0.25) is 0 Å². The van der Waals surface area contributed by atoms with Gasteiger partial charge < -0.3 is 0 Å². The van der Waals surface area contributed by atoms with E-state index in [9.17, 15) is 0 Å². The van der Waals surface area contributed by atoms with E-state index < -0.39 is 0 Å². The Bertz CT molecular complexity index is 293. The highest BCUT2D eigenvalue weighted by Crippen LogP contribution is 2.06.